The number of amides is 1. The van der Waals surface area contributed by atoms with E-state index in [1.54, 1.807) is 6.92 Å². The van der Waals surface area contributed by atoms with Crippen LogP contribution in [0.1, 0.15) is 47.0 Å². The van der Waals surface area contributed by atoms with E-state index in [0.29, 0.717) is 6.42 Å². The van der Waals surface area contributed by atoms with Gasteiger partial charge in [0.15, 0.2) is 0 Å². The molecule has 0 aromatic carbocycles. The van der Waals surface area contributed by atoms with Crippen LogP contribution in [0.4, 0.5) is 0 Å². The Kier molecular flexibility index (Phi) is 6.60. The highest BCUT2D eigenvalue weighted by Crippen LogP contribution is 2.11. The van der Waals surface area contributed by atoms with E-state index in [1.807, 2.05) is 20.8 Å². The second-order valence-electron chi connectivity index (χ2n) is 4.88. The topological polar surface area (TPSA) is 75.3 Å². The summed E-state index contributed by atoms with van der Waals surface area (Å²) in [4.78, 5) is 11.6. The molecule has 96 valence electrons. The summed E-state index contributed by atoms with van der Waals surface area (Å²) in [7, 11) is 0. The molecule has 0 heterocycles. The molecule has 0 aromatic rings. The Morgan fingerprint density at radius 1 is 1.50 bits per heavy atom. The molecule has 0 aromatic heterocycles. The molecule has 0 aliphatic carbocycles. The largest absolute Gasteiger partial charge is 0.388 e. The Morgan fingerprint density at radius 2 is 2.06 bits per heavy atom. The molecule has 16 heavy (non-hydrogen) atoms. The third kappa shape index (κ3) is 5.47. The van der Waals surface area contributed by atoms with Gasteiger partial charge in [0.1, 0.15) is 0 Å². The lowest BCUT2D eigenvalue weighted by Crippen LogP contribution is -2.49. The molecule has 2 unspecified atom stereocenters. The second-order valence-corrected chi connectivity index (χ2v) is 4.88. The maximum atomic E-state index is 11.6. The predicted octanol–water partition coefficient (Wildman–Crippen LogP) is 1.03. The van der Waals surface area contributed by atoms with Crippen LogP contribution in [-0.4, -0.2) is 29.2 Å². The maximum Gasteiger partial charge on any atom is 0.237 e. The van der Waals surface area contributed by atoms with E-state index >= 15 is 0 Å². The van der Waals surface area contributed by atoms with Crippen LogP contribution in [-0.2, 0) is 4.79 Å². The van der Waals surface area contributed by atoms with Gasteiger partial charge >= 0.3 is 0 Å². The third-order valence-corrected chi connectivity index (χ3v) is 2.99. The summed E-state index contributed by atoms with van der Waals surface area (Å²) in [5.74, 6) is -0.0122. The molecule has 0 saturated heterocycles. The van der Waals surface area contributed by atoms with Crippen LogP contribution in [0.25, 0.3) is 0 Å². The quantitative estimate of drug-likeness (QED) is 0.611. The predicted molar refractivity (Wildman–Crippen MR) is 66.0 cm³/mol. The smallest absolute Gasteiger partial charge is 0.237 e. The summed E-state index contributed by atoms with van der Waals surface area (Å²) >= 11 is 0. The summed E-state index contributed by atoms with van der Waals surface area (Å²) in [5.41, 5.74) is 4.95. The van der Waals surface area contributed by atoms with Crippen molar-refractivity contribution in [3.8, 4) is 0 Å². The van der Waals surface area contributed by atoms with Crippen LogP contribution in [0, 0.1) is 5.92 Å². The standard InChI is InChI=1S/C12H26N2O2/c1-5-7-12(4,16)8-14-11(15)10(13)9(3)6-2/h9-10,16H,5-8,13H2,1-4H3,(H,14,15)/t9?,10-,12?/m0/s1. The van der Waals surface area contributed by atoms with E-state index in [2.05, 4.69) is 5.32 Å². The molecule has 3 atom stereocenters. The molecule has 0 aliphatic heterocycles. The molecular formula is C12H26N2O2. The fourth-order valence-electron chi connectivity index (χ4n) is 1.53. The van der Waals surface area contributed by atoms with Crippen LogP contribution in [0.2, 0.25) is 0 Å². The van der Waals surface area contributed by atoms with Gasteiger partial charge in [-0.15, -0.1) is 0 Å². The zero-order valence-corrected chi connectivity index (χ0v) is 10.9. The monoisotopic (exact) mass is 230 g/mol. The van der Waals surface area contributed by atoms with E-state index in [0.717, 1.165) is 12.8 Å². The van der Waals surface area contributed by atoms with Gasteiger partial charge in [-0.05, 0) is 19.3 Å². The molecule has 0 fully saturated rings. The Morgan fingerprint density at radius 3 is 2.50 bits per heavy atom. The average Bonchev–Trinajstić information content (AvgIpc) is 2.23. The van der Waals surface area contributed by atoms with Gasteiger partial charge in [-0.2, -0.15) is 0 Å². The Labute approximate surface area is 98.6 Å². The van der Waals surface area contributed by atoms with Crippen molar-refractivity contribution >= 4 is 5.91 Å². The van der Waals surface area contributed by atoms with Crippen molar-refractivity contribution in [3.63, 3.8) is 0 Å². The number of nitrogens with one attached hydrogen (secondary N) is 1. The van der Waals surface area contributed by atoms with Crippen LogP contribution in [0.5, 0.6) is 0 Å². The van der Waals surface area contributed by atoms with Crippen molar-refractivity contribution < 1.29 is 9.90 Å². The lowest BCUT2D eigenvalue weighted by Gasteiger charge is -2.25. The van der Waals surface area contributed by atoms with E-state index in [1.165, 1.54) is 0 Å². The van der Waals surface area contributed by atoms with Gasteiger partial charge in [0, 0.05) is 6.54 Å². The summed E-state index contributed by atoms with van der Waals surface area (Å²) in [6.45, 7) is 7.95. The SMILES string of the molecule is CCCC(C)(O)CNC(=O)[C@@H](N)C(C)CC. The van der Waals surface area contributed by atoms with Gasteiger partial charge in [-0.25, -0.2) is 0 Å². The minimum absolute atomic E-state index is 0.163. The number of aliphatic hydroxyl groups is 1. The highest BCUT2D eigenvalue weighted by Gasteiger charge is 2.23. The van der Waals surface area contributed by atoms with Gasteiger partial charge in [-0.1, -0.05) is 33.6 Å². The zero-order valence-electron chi connectivity index (χ0n) is 10.9. The first-order valence-corrected chi connectivity index (χ1v) is 6.09. The summed E-state index contributed by atoms with van der Waals surface area (Å²) in [6.07, 6.45) is 2.44. The molecule has 1 amide bonds. The molecule has 0 rings (SSSR count). The second kappa shape index (κ2) is 6.86. The number of carbonyl (C=O) groups excluding carboxylic acids is 1. The van der Waals surface area contributed by atoms with Gasteiger partial charge < -0.3 is 16.2 Å². The van der Waals surface area contributed by atoms with Crippen molar-refractivity contribution in [2.45, 2.75) is 58.6 Å². The van der Waals surface area contributed by atoms with E-state index in [-0.39, 0.29) is 18.4 Å². The van der Waals surface area contributed by atoms with Crippen LogP contribution in [0.3, 0.4) is 0 Å². The number of hydrogen-bond donors (Lipinski definition) is 3. The lowest BCUT2D eigenvalue weighted by molar-refractivity contribution is -0.124. The molecule has 0 spiro atoms. The minimum atomic E-state index is -0.834. The molecule has 0 saturated carbocycles. The van der Waals surface area contributed by atoms with Crippen molar-refractivity contribution in [2.24, 2.45) is 11.7 Å². The number of hydrogen-bond acceptors (Lipinski definition) is 3. The molecule has 0 aliphatic rings. The Bertz CT molecular complexity index is 217. The van der Waals surface area contributed by atoms with E-state index in [4.69, 9.17) is 5.73 Å². The number of carbonyl (C=O) groups is 1. The lowest BCUT2D eigenvalue weighted by atomic mass is 9.98. The molecular weight excluding hydrogens is 204 g/mol. The highest BCUT2D eigenvalue weighted by atomic mass is 16.3. The molecule has 0 radical (unpaired) electrons. The van der Waals surface area contributed by atoms with E-state index in [9.17, 15) is 9.90 Å². The molecule has 0 bridgehead atoms. The van der Waals surface area contributed by atoms with Crippen molar-refractivity contribution in [3.05, 3.63) is 0 Å². The fourth-order valence-corrected chi connectivity index (χ4v) is 1.53. The highest BCUT2D eigenvalue weighted by molar-refractivity contribution is 5.81. The van der Waals surface area contributed by atoms with E-state index < -0.39 is 11.6 Å². The summed E-state index contributed by atoms with van der Waals surface area (Å²) in [6, 6.07) is -0.484. The fraction of sp³-hybridized carbons (Fsp3) is 0.917. The van der Waals surface area contributed by atoms with Crippen molar-refractivity contribution in [1.82, 2.24) is 5.32 Å². The zero-order chi connectivity index (χ0) is 12.8. The summed E-state index contributed by atoms with van der Waals surface area (Å²) < 4.78 is 0. The van der Waals surface area contributed by atoms with Gasteiger partial charge in [-0.3, -0.25) is 4.79 Å². The van der Waals surface area contributed by atoms with Crippen LogP contribution >= 0.6 is 0 Å². The Hall–Kier alpha value is -0.610. The van der Waals surface area contributed by atoms with Crippen molar-refractivity contribution in [1.29, 1.82) is 0 Å². The summed E-state index contributed by atoms with van der Waals surface area (Å²) in [5, 5.41) is 12.6. The maximum absolute atomic E-state index is 11.6. The molecule has 4 heteroatoms. The molecule has 4 nitrogen and oxygen atoms in total. The number of rotatable bonds is 7. The first kappa shape index (κ1) is 15.4. The van der Waals surface area contributed by atoms with Gasteiger partial charge in [0.25, 0.3) is 0 Å². The molecule has 4 N–H and O–H groups in total. The van der Waals surface area contributed by atoms with Crippen LogP contribution in [0.15, 0.2) is 0 Å². The first-order valence-electron chi connectivity index (χ1n) is 6.09. The van der Waals surface area contributed by atoms with Crippen molar-refractivity contribution in [2.75, 3.05) is 6.54 Å². The normalized spacial score (nSPS) is 18.6. The first-order chi connectivity index (χ1) is 7.34. The number of nitrogens with two attached hydrogens (primary N) is 1. The Balaban J connectivity index is 4.06. The average molecular weight is 230 g/mol. The minimum Gasteiger partial charge on any atom is -0.388 e. The van der Waals surface area contributed by atoms with Crippen LogP contribution < -0.4 is 11.1 Å². The van der Waals surface area contributed by atoms with Gasteiger partial charge in [0.05, 0.1) is 11.6 Å². The van der Waals surface area contributed by atoms with Gasteiger partial charge in [0.2, 0.25) is 5.91 Å². The third-order valence-electron chi connectivity index (χ3n) is 2.99.